The van der Waals surface area contributed by atoms with E-state index in [1.54, 1.807) is 13.8 Å². The maximum atomic E-state index is 12.7. The Morgan fingerprint density at radius 1 is 0.717 bits per heavy atom. The molecule has 0 aromatic carbocycles. The van der Waals surface area contributed by atoms with Crippen LogP contribution in [0.3, 0.4) is 0 Å². The Hall–Kier alpha value is -2.97. The van der Waals surface area contributed by atoms with Crippen molar-refractivity contribution in [3.8, 4) is 0 Å². The predicted octanol–water partition coefficient (Wildman–Crippen LogP) is -1.09. The van der Waals surface area contributed by atoms with Crippen LogP contribution in [0.2, 0.25) is 0 Å². The van der Waals surface area contributed by atoms with Gasteiger partial charge in [0.2, 0.25) is 17.7 Å². The standard InChI is InChI=1S/C23H43N5O9.C10H26N4.C2H6/c1-17(2)20(22(32)27-18(21(24)31)5-3-7-26-23(25)33)28-19(30)6-10-35-12-14-37-16-15-36-13-11-34-9-4-8-29;1-11-5-7-14(8-6-12-2)10-9-13(3)4;1-2/h8,17-18,20H,3-7,9-16H2,1-2H3,(H2,24,31)(H,27,32)(H,28,30)(H3,25,26,33);11-12H,5-10H2,1-4H3;1-2H3. The smallest absolute Gasteiger partial charge is 0.312 e. The summed E-state index contributed by atoms with van der Waals surface area (Å²) in [6.07, 6.45) is 1.80. The van der Waals surface area contributed by atoms with Crippen molar-refractivity contribution in [1.82, 2.24) is 36.4 Å². The van der Waals surface area contributed by atoms with E-state index in [1.807, 2.05) is 27.9 Å². The van der Waals surface area contributed by atoms with E-state index in [1.165, 1.54) is 0 Å². The van der Waals surface area contributed by atoms with Crippen LogP contribution >= 0.6 is 0 Å². The molecule has 53 heavy (non-hydrogen) atoms. The number of likely N-dealkylation sites (N-methyl/N-ethyl adjacent to an activating group) is 3. The second-order valence-corrected chi connectivity index (χ2v) is 12.2. The highest BCUT2D eigenvalue weighted by atomic mass is 16.6. The Labute approximate surface area is 318 Å². The number of rotatable bonds is 33. The van der Waals surface area contributed by atoms with Crippen molar-refractivity contribution in [2.75, 3.05) is 127 Å². The van der Waals surface area contributed by atoms with Crippen LogP contribution in [0.15, 0.2) is 0 Å². The average molecular weight is 766 g/mol. The molecule has 2 unspecified atom stereocenters. The monoisotopic (exact) mass is 766 g/mol. The number of hydrogen-bond donors (Lipinski definition) is 7. The second-order valence-electron chi connectivity index (χ2n) is 12.2. The molecule has 0 saturated heterocycles. The zero-order valence-corrected chi connectivity index (χ0v) is 34.0. The van der Waals surface area contributed by atoms with Crippen molar-refractivity contribution in [1.29, 1.82) is 0 Å². The van der Waals surface area contributed by atoms with Gasteiger partial charge in [-0.15, -0.1) is 0 Å². The number of aldehydes is 1. The Balaban J connectivity index is -0.00000130. The summed E-state index contributed by atoms with van der Waals surface area (Å²) in [5.41, 5.74) is 10.4. The first kappa shape index (κ1) is 54.4. The van der Waals surface area contributed by atoms with Gasteiger partial charge in [-0.2, -0.15) is 0 Å². The lowest BCUT2D eigenvalue weighted by Crippen LogP contribution is -2.54. The molecule has 0 heterocycles. The van der Waals surface area contributed by atoms with Crippen LogP contribution in [0, 0.1) is 5.92 Å². The van der Waals surface area contributed by atoms with E-state index >= 15 is 0 Å². The maximum absolute atomic E-state index is 12.7. The summed E-state index contributed by atoms with van der Waals surface area (Å²) in [7, 11) is 8.24. The van der Waals surface area contributed by atoms with Crippen molar-refractivity contribution in [3.05, 3.63) is 0 Å². The first-order valence-corrected chi connectivity index (χ1v) is 18.7. The molecule has 314 valence electrons. The van der Waals surface area contributed by atoms with Gasteiger partial charge in [0.15, 0.2) is 0 Å². The topological polar surface area (TPSA) is 241 Å². The molecule has 0 aliphatic carbocycles. The second kappa shape index (κ2) is 40.2. The highest BCUT2D eigenvalue weighted by Crippen LogP contribution is 2.05. The fraction of sp³-hybridized carbons (Fsp3) is 0.857. The normalized spacial score (nSPS) is 11.9. The molecule has 18 heteroatoms. The fourth-order valence-electron chi connectivity index (χ4n) is 4.12. The van der Waals surface area contributed by atoms with Crippen LogP contribution in [0.25, 0.3) is 0 Å². The van der Waals surface area contributed by atoms with Gasteiger partial charge in [-0.25, -0.2) is 4.79 Å². The minimum atomic E-state index is -0.948. The van der Waals surface area contributed by atoms with E-state index in [0.29, 0.717) is 59.1 Å². The number of nitrogens with zero attached hydrogens (tertiary/aromatic N) is 2. The van der Waals surface area contributed by atoms with Gasteiger partial charge in [-0.05, 0) is 47.0 Å². The highest BCUT2D eigenvalue weighted by molar-refractivity contribution is 5.91. The third-order valence-electron chi connectivity index (χ3n) is 7.08. The summed E-state index contributed by atoms with van der Waals surface area (Å²) in [4.78, 5) is 62.2. The summed E-state index contributed by atoms with van der Waals surface area (Å²) in [6, 6.07) is -2.50. The van der Waals surface area contributed by atoms with Gasteiger partial charge >= 0.3 is 6.03 Å². The minimum Gasteiger partial charge on any atom is -0.379 e. The Bertz CT molecular complexity index is 895. The minimum absolute atomic E-state index is 0.0434. The molecule has 18 nitrogen and oxygen atoms in total. The first-order valence-electron chi connectivity index (χ1n) is 18.7. The zero-order valence-electron chi connectivity index (χ0n) is 34.0. The van der Waals surface area contributed by atoms with Crippen LogP contribution < -0.4 is 38.1 Å². The lowest BCUT2D eigenvalue weighted by Gasteiger charge is -2.24. The van der Waals surface area contributed by atoms with E-state index in [2.05, 4.69) is 50.5 Å². The van der Waals surface area contributed by atoms with E-state index in [-0.39, 0.29) is 37.8 Å². The van der Waals surface area contributed by atoms with Gasteiger partial charge in [0, 0.05) is 58.7 Å². The quantitative estimate of drug-likeness (QED) is 0.0311. The zero-order chi connectivity index (χ0) is 40.7. The molecule has 0 fully saturated rings. The molecule has 5 amide bonds. The number of ether oxygens (including phenoxy) is 4. The van der Waals surface area contributed by atoms with Gasteiger partial charge in [0.05, 0.1) is 52.9 Å². The molecule has 0 aromatic rings. The van der Waals surface area contributed by atoms with Gasteiger partial charge in [0.25, 0.3) is 0 Å². The van der Waals surface area contributed by atoms with Crippen LogP contribution in [0.1, 0.15) is 53.4 Å². The molecular formula is C35H75N9O9. The number of amides is 5. The molecule has 2 atom stereocenters. The SMILES string of the molecule is CC.CC(C)C(NC(=O)CCOCCOCCOCCOCCC=O)C(=O)NC(CCCNC(N)=O)C(N)=O.CNCCN(CCNC)CCN(C)C. The van der Waals surface area contributed by atoms with Gasteiger partial charge < -0.3 is 66.7 Å². The lowest BCUT2D eigenvalue weighted by atomic mass is 10.0. The largest absolute Gasteiger partial charge is 0.379 e. The number of nitrogens with two attached hydrogens (primary N) is 2. The molecular weight excluding hydrogens is 690 g/mol. The Kier molecular flexibility index (Phi) is 41.3. The van der Waals surface area contributed by atoms with E-state index < -0.39 is 29.9 Å². The van der Waals surface area contributed by atoms with E-state index in [4.69, 9.17) is 30.4 Å². The van der Waals surface area contributed by atoms with Crippen molar-refractivity contribution < 1.29 is 42.9 Å². The molecule has 0 radical (unpaired) electrons. The summed E-state index contributed by atoms with van der Waals surface area (Å²) < 4.78 is 21.2. The number of carbonyl (C=O) groups is 5. The number of nitrogens with one attached hydrogen (secondary N) is 5. The Morgan fingerprint density at radius 2 is 1.23 bits per heavy atom. The first-order chi connectivity index (χ1) is 25.4. The van der Waals surface area contributed by atoms with Crippen LogP contribution in [0.5, 0.6) is 0 Å². The van der Waals surface area contributed by atoms with Crippen LogP contribution in [0.4, 0.5) is 4.79 Å². The third-order valence-corrected chi connectivity index (χ3v) is 7.08. The van der Waals surface area contributed by atoms with Crippen molar-refractivity contribution in [3.63, 3.8) is 0 Å². The molecule has 0 aliphatic heterocycles. The number of primary amides is 2. The molecule has 0 spiro atoms. The summed E-state index contributed by atoms with van der Waals surface area (Å²) in [6.45, 7) is 17.2. The van der Waals surface area contributed by atoms with Gasteiger partial charge in [-0.1, -0.05) is 27.7 Å². The highest BCUT2D eigenvalue weighted by Gasteiger charge is 2.27. The van der Waals surface area contributed by atoms with E-state index in [9.17, 15) is 24.0 Å². The average Bonchev–Trinajstić information content (AvgIpc) is 3.12. The van der Waals surface area contributed by atoms with Crippen molar-refractivity contribution >= 4 is 30.0 Å². The van der Waals surface area contributed by atoms with Crippen molar-refractivity contribution in [2.45, 2.75) is 65.5 Å². The summed E-state index contributed by atoms with van der Waals surface area (Å²) >= 11 is 0. The summed E-state index contributed by atoms with van der Waals surface area (Å²) in [5, 5.41) is 14.0. The van der Waals surface area contributed by atoms with Gasteiger partial charge in [-0.3, -0.25) is 19.3 Å². The molecule has 0 saturated carbocycles. The molecule has 0 aromatic heterocycles. The van der Waals surface area contributed by atoms with Crippen molar-refractivity contribution in [2.24, 2.45) is 17.4 Å². The number of urea groups is 1. The Morgan fingerprint density at radius 3 is 1.66 bits per heavy atom. The lowest BCUT2D eigenvalue weighted by molar-refractivity contribution is -0.132. The number of hydrogen-bond acceptors (Lipinski definition) is 13. The predicted molar refractivity (Wildman–Crippen MR) is 207 cm³/mol. The van der Waals surface area contributed by atoms with E-state index in [0.717, 1.165) is 45.6 Å². The molecule has 0 bridgehead atoms. The summed E-state index contributed by atoms with van der Waals surface area (Å²) in [5.74, 6) is -1.86. The van der Waals surface area contributed by atoms with Crippen LogP contribution in [-0.4, -0.2) is 179 Å². The third kappa shape index (κ3) is 38.6. The maximum Gasteiger partial charge on any atom is 0.312 e. The van der Waals surface area contributed by atoms with Crippen LogP contribution in [-0.2, 0) is 38.1 Å². The molecule has 9 N–H and O–H groups in total. The number of carbonyl (C=O) groups excluding carboxylic acids is 5. The van der Waals surface area contributed by atoms with Gasteiger partial charge in [0.1, 0.15) is 18.4 Å². The molecule has 0 aliphatic rings. The molecule has 0 rings (SSSR count). The fourth-order valence-corrected chi connectivity index (χ4v) is 4.12.